The summed E-state index contributed by atoms with van der Waals surface area (Å²) in [5, 5.41) is 2.11. The number of nitrogens with one attached hydrogen (secondary N) is 1. The van der Waals surface area contributed by atoms with Crippen LogP contribution < -0.4 is 5.32 Å². The first-order chi connectivity index (χ1) is 6.39. The van der Waals surface area contributed by atoms with E-state index in [4.69, 9.17) is 0 Å². The molecule has 0 aliphatic carbocycles. The molecule has 0 amide bonds. The predicted octanol–water partition coefficient (Wildman–Crippen LogP) is 3.59. The van der Waals surface area contributed by atoms with Crippen LogP contribution in [0.2, 0.25) is 0 Å². The molecule has 0 fully saturated rings. The number of thiocarbonyl (C=S) groups is 1. The summed E-state index contributed by atoms with van der Waals surface area (Å²) < 4.78 is 37.0. The number of alkyl halides is 3. The number of hydrogen-bond donors (Lipinski definition) is 1. The van der Waals surface area contributed by atoms with E-state index in [9.17, 15) is 13.2 Å². The molecule has 0 bridgehead atoms. The monoisotopic (exact) mass is 331 g/mol. The molecule has 0 heterocycles. The van der Waals surface area contributed by atoms with Crippen LogP contribution in [-0.4, -0.2) is 11.2 Å². The first-order valence-electron chi connectivity index (χ1n) is 3.53. The van der Waals surface area contributed by atoms with Gasteiger partial charge in [-0.1, -0.05) is 12.2 Å². The van der Waals surface area contributed by atoms with E-state index in [0.717, 1.165) is 3.57 Å². The van der Waals surface area contributed by atoms with Gasteiger partial charge < -0.3 is 5.32 Å². The van der Waals surface area contributed by atoms with Crippen LogP contribution in [0.15, 0.2) is 24.3 Å². The third-order valence-electron chi connectivity index (χ3n) is 1.36. The van der Waals surface area contributed by atoms with Crippen LogP contribution >= 0.6 is 34.8 Å². The van der Waals surface area contributed by atoms with Crippen molar-refractivity contribution in [1.82, 2.24) is 0 Å². The SMILES string of the molecule is FC(F)(F)C(=S)Nc1ccc(I)cc1. The molecular weight excluding hydrogens is 326 g/mol. The van der Waals surface area contributed by atoms with Gasteiger partial charge in [0.15, 0.2) is 4.99 Å². The van der Waals surface area contributed by atoms with Gasteiger partial charge in [-0.15, -0.1) is 0 Å². The number of hydrogen-bond acceptors (Lipinski definition) is 1. The first-order valence-corrected chi connectivity index (χ1v) is 5.02. The maximum Gasteiger partial charge on any atom is 0.441 e. The summed E-state index contributed by atoms with van der Waals surface area (Å²) in [6.45, 7) is 0. The minimum absolute atomic E-state index is 0.341. The summed E-state index contributed by atoms with van der Waals surface area (Å²) in [4.78, 5) is -1.13. The molecule has 0 aliphatic heterocycles. The lowest BCUT2D eigenvalue weighted by molar-refractivity contribution is -0.0562. The third-order valence-corrected chi connectivity index (χ3v) is 2.41. The van der Waals surface area contributed by atoms with Crippen LogP contribution in [0.5, 0.6) is 0 Å². The Morgan fingerprint density at radius 3 is 2.14 bits per heavy atom. The van der Waals surface area contributed by atoms with Crippen molar-refractivity contribution in [3.8, 4) is 0 Å². The van der Waals surface area contributed by atoms with Crippen LogP contribution in [0.1, 0.15) is 0 Å². The zero-order valence-electron chi connectivity index (χ0n) is 6.73. The van der Waals surface area contributed by atoms with Gasteiger partial charge in [-0.25, -0.2) is 0 Å². The molecule has 0 unspecified atom stereocenters. The molecule has 0 spiro atoms. The minimum atomic E-state index is -4.47. The molecule has 0 aromatic heterocycles. The molecule has 14 heavy (non-hydrogen) atoms. The standard InChI is InChI=1S/C8H5F3INS/c9-8(10,11)7(14)13-6-3-1-5(12)2-4-6/h1-4H,(H,13,14). The lowest BCUT2D eigenvalue weighted by Gasteiger charge is -2.10. The molecule has 6 heteroatoms. The number of rotatable bonds is 1. The van der Waals surface area contributed by atoms with Crippen molar-refractivity contribution in [3.63, 3.8) is 0 Å². The molecule has 76 valence electrons. The van der Waals surface area contributed by atoms with E-state index in [-0.39, 0.29) is 0 Å². The second-order valence-electron chi connectivity index (χ2n) is 2.46. The van der Waals surface area contributed by atoms with Gasteiger partial charge in [0.05, 0.1) is 0 Å². The third kappa shape index (κ3) is 3.41. The highest BCUT2D eigenvalue weighted by Gasteiger charge is 2.34. The second kappa shape index (κ2) is 4.43. The second-order valence-corrected chi connectivity index (χ2v) is 4.11. The maximum absolute atomic E-state index is 12.0. The molecule has 1 aromatic rings. The number of anilines is 1. The van der Waals surface area contributed by atoms with Gasteiger partial charge in [0.1, 0.15) is 0 Å². The fourth-order valence-corrected chi connectivity index (χ4v) is 1.21. The molecule has 0 saturated heterocycles. The molecule has 0 atom stereocenters. The molecule has 0 radical (unpaired) electrons. The zero-order chi connectivity index (χ0) is 10.8. The van der Waals surface area contributed by atoms with Crippen molar-refractivity contribution in [1.29, 1.82) is 0 Å². The predicted molar refractivity (Wildman–Crippen MR) is 61.4 cm³/mol. The van der Waals surface area contributed by atoms with Crippen molar-refractivity contribution >= 4 is 45.5 Å². The van der Waals surface area contributed by atoms with Crippen molar-refractivity contribution in [2.75, 3.05) is 5.32 Å². The number of benzene rings is 1. The van der Waals surface area contributed by atoms with Crippen LogP contribution in [0.4, 0.5) is 18.9 Å². The molecule has 1 aromatic carbocycles. The Morgan fingerprint density at radius 2 is 1.71 bits per heavy atom. The Kier molecular flexibility index (Phi) is 3.71. The van der Waals surface area contributed by atoms with Crippen molar-refractivity contribution in [2.45, 2.75) is 6.18 Å². The Balaban J connectivity index is 2.71. The number of halogens is 4. The molecule has 1 rings (SSSR count). The summed E-state index contributed by atoms with van der Waals surface area (Å²) >= 11 is 6.23. The van der Waals surface area contributed by atoms with E-state index >= 15 is 0 Å². The smallest absolute Gasteiger partial charge is 0.343 e. The highest BCUT2D eigenvalue weighted by Crippen LogP contribution is 2.20. The first kappa shape index (κ1) is 11.7. The highest BCUT2D eigenvalue weighted by molar-refractivity contribution is 14.1. The Hall–Kier alpha value is -0.370. The Morgan fingerprint density at radius 1 is 1.21 bits per heavy atom. The Labute approximate surface area is 97.8 Å². The average molecular weight is 331 g/mol. The fraction of sp³-hybridized carbons (Fsp3) is 0.125. The molecule has 1 nitrogen and oxygen atoms in total. The summed E-state index contributed by atoms with van der Waals surface area (Å²) in [6, 6.07) is 6.48. The van der Waals surface area contributed by atoms with Crippen LogP contribution in [0.25, 0.3) is 0 Å². The van der Waals surface area contributed by atoms with E-state index in [1.807, 2.05) is 0 Å². The van der Waals surface area contributed by atoms with Gasteiger partial charge in [-0.3, -0.25) is 0 Å². The summed E-state index contributed by atoms with van der Waals surface area (Å²) in [5.41, 5.74) is 0.341. The van der Waals surface area contributed by atoms with Gasteiger partial charge in [0, 0.05) is 9.26 Å². The normalized spacial score (nSPS) is 11.1. The largest absolute Gasteiger partial charge is 0.441 e. The van der Waals surface area contributed by atoms with Gasteiger partial charge >= 0.3 is 6.18 Å². The average Bonchev–Trinajstić information content (AvgIpc) is 2.07. The van der Waals surface area contributed by atoms with E-state index in [2.05, 4.69) is 40.1 Å². The van der Waals surface area contributed by atoms with E-state index < -0.39 is 11.2 Å². The van der Waals surface area contributed by atoms with Crippen LogP contribution in [0.3, 0.4) is 0 Å². The van der Waals surface area contributed by atoms with Crippen LogP contribution in [-0.2, 0) is 0 Å². The molecule has 0 aliphatic rings. The maximum atomic E-state index is 12.0. The quantitative estimate of drug-likeness (QED) is 0.623. The minimum Gasteiger partial charge on any atom is -0.343 e. The van der Waals surface area contributed by atoms with Gasteiger partial charge in [-0.2, -0.15) is 13.2 Å². The molecule has 1 N–H and O–H groups in total. The topological polar surface area (TPSA) is 12.0 Å². The summed E-state index contributed by atoms with van der Waals surface area (Å²) in [5.74, 6) is 0. The zero-order valence-corrected chi connectivity index (χ0v) is 9.70. The van der Waals surface area contributed by atoms with E-state index in [1.54, 1.807) is 24.3 Å². The van der Waals surface area contributed by atoms with Crippen molar-refractivity contribution in [3.05, 3.63) is 27.8 Å². The van der Waals surface area contributed by atoms with E-state index in [1.165, 1.54) is 0 Å². The summed E-state index contributed by atoms with van der Waals surface area (Å²) in [7, 11) is 0. The molecule has 0 saturated carbocycles. The lowest BCUT2D eigenvalue weighted by atomic mass is 10.3. The Bertz CT molecular complexity index is 333. The van der Waals surface area contributed by atoms with Gasteiger partial charge in [0.25, 0.3) is 0 Å². The fourth-order valence-electron chi connectivity index (χ4n) is 0.735. The highest BCUT2D eigenvalue weighted by atomic mass is 127. The molecular formula is C8H5F3INS. The van der Waals surface area contributed by atoms with Gasteiger partial charge in [0.2, 0.25) is 0 Å². The van der Waals surface area contributed by atoms with Crippen molar-refractivity contribution in [2.24, 2.45) is 0 Å². The summed E-state index contributed by atoms with van der Waals surface area (Å²) in [6.07, 6.45) is -4.47. The van der Waals surface area contributed by atoms with Crippen LogP contribution in [0, 0.1) is 3.57 Å². The lowest BCUT2D eigenvalue weighted by Crippen LogP contribution is -2.27. The van der Waals surface area contributed by atoms with Gasteiger partial charge in [-0.05, 0) is 46.9 Å². The van der Waals surface area contributed by atoms with E-state index in [0.29, 0.717) is 5.69 Å². The van der Waals surface area contributed by atoms with Crippen molar-refractivity contribution < 1.29 is 13.2 Å².